The number of hydrogen-bond acceptors (Lipinski definition) is 13. The van der Waals surface area contributed by atoms with Crippen molar-refractivity contribution < 1.29 is 33.1 Å². The number of hydrogen-bond donors (Lipinski definition) is 5. The monoisotopic (exact) mass is 538 g/mol. The fourth-order valence-corrected chi connectivity index (χ4v) is 4.99. The lowest BCUT2D eigenvalue weighted by Crippen LogP contribution is -2.29. The molecule has 18 heteroatoms. The van der Waals surface area contributed by atoms with Gasteiger partial charge < -0.3 is 30.9 Å². The number of H-pyrrole nitrogens is 1. The maximum absolute atomic E-state index is 12.6. The molecule has 1 unspecified atom stereocenters. The second-order valence-corrected chi connectivity index (χ2v) is 9.63. The van der Waals surface area contributed by atoms with E-state index < -0.39 is 56.4 Å². The molecule has 198 valence electrons. The summed E-state index contributed by atoms with van der Waals surface area (Å²) < 4.78 is 37.0. The van der Waals surface area contributed by atoms with Gasteiger partial charge in [-0.25, -0.2) is 14.3 Å². The zero-order chi connectivity index (χ0) is 26.3. The van der Waals surface area contributed by atoms with Gasteiger partial charge in [0.25, 0.3) is 5.56 Å². The van der Waals surface area contributed by atoms with Crippen molar-refractivity contribution in [3.05, 3.63) is 51.6 Å². The van der Waals surface area contributed by atoms with Crippen LogP contribution in [0.4, 0.5) is 11.8 Å². The maximum atomic E-state index is 12.6. The fourth-order valence-electron chi connectivity index (χ4n) is 4.03. The molecule has 0 amide bonds. The molecule has 1 saturated heterocycles. The van der Waals surface area contributed by atoms with Crippen molar-refractivity contribution in [2.45, 2.75) is 37.2 Å². The third kappa shape index (κ3) is 5.19. The van der Waals surface area contributed by atoms with E-state index in [0.717, 1.165) is 0 Å². The molecule has 17 nitrogen and oxygen atoms in total. The Hall–Kier alpha value is -3.44. The summed E-state index contributed by atoms with van der Waals surface area (Å²) in [7, 11) is -4.64. The smallest absolute Gasteiger partial charge is 0.394 e. The number of rotatable bonds is 8. The molecule has 0 aromatic carbocycles. The van der Waals surface area contributed by atoms with Crippen LogP contribution in [0.3, 0.4) is 0 Å². The van der Waals surface area contributed by atoms with Crippen LogP contribution in [0.5, 0.6) is 0 Å². The Morgan fingerprint density at radius 3 is 2.78 bits per heavy atom. The average molecular weight is 538 g/mol. The highest BCUT2D eigenvalue weighted by Gasteiger charge is 2.42. The molecule has 2 aliphatic rings. The molecule has 1 fully saturated rings. The van der Waals surface area contributed by atoms with E-state index in [1.165, 1.54) is 27.7 Å². The topological polar surface area (TPSA) is 245 Å². The number of nitrogens with zero attached hydrogens (tertiary/aromatic N) is 5. The quantitative estimate of drug-likeness (QED) is 0.167. The van der Waals surface area contributed by atoms with Gasteiger partial charge in [-0.2, -0.15) is 9.97 Å². The second kappa shape index (κ2) is 9.79. The Kier molecular flexibility index (Phi) is 6.67. The van der Waals surface area contributed by atoms with Crippen molar-refractivity contribution in [3.63, 3.8) is 0 Å². The molecule has 37 heavy (non-hydrogen) atoms. The van der Waals surface area contributed by atoms with E-state index in [4.69, 9.17) is 30.0 Å². The molecule has 3 aromatic rings. The molecule has 0 bridgehead atoms. The van der Waals surface area contributed by atoms with Gasteiger partial charge >= 0.3 is 13.5 Å². The summed E-state index contributed by atoms with van der Waals surface area (Å²) in [6, 6.07) is 1.43. The molecule has 0 saturated carbocycles. The summed E-state index contributed by atoms with van der Waals surface area (Å²) in [4.78, 5) is 48.3. The van der Waals surface area contributed by atoms with Gasteiger partial charge in [0.2, 0.25) is 5.95 Å². The largest absolute Gasteiger partial charge is 0.472 e. The van der Waals surface area contributed by atoms with Crippen LogP contribution < -0.4 is 22.7 Å². The molecule has 5 heterocycles. The number of aromatic amines is 1. The molecule has 2 aliphatic heterocycles. The SMILES string of the molecule is Nc1ccn([C@H]2C=C[C@@H](COP(=O)(O)O[C@H]3C[C@H](n4cnc5c(=O)[nH]c(N)nc54)O[C@@H]3CO)O2)c(=O)n1. The third-order valence-corrected chi connectivity index (χ3v) is 6.73. The molecule has 3 aromatic heterocycles. The van der Waals surface area contributed by atoms with Gasteiger partial charge in [0.05, 0.1) is 19.5 Å². The fraction of sp³-hybridized carbons (Fsp3) is 0.421. The average Bonchev–Trinajstić information content (AvgIpc) is 3.56. The van der Waals surface area contributed by atoms with Gasteiger partial charge in [-0.3, -0.25) is 28.0 Å². The number of nitrogens with one attached hydrogen (secondary N) is 1. The number of aliphatic hydroxyl groups is 1. The predicted molar refractivity (Wildman–Crippen MR) is 125 cm³/mol. The highest BCUT2D eigenvalue weighted by Crippen LogP contribution is 2.48. The van der Waals surface area contributed by atoms with Crippen molar-refractivity contribution in [3.8, 4) is 0 Å². The van der Waals surface area contributed by atoms with Crippen LogP contribution in [0.25, 0.3) is 11.2 Å². The Morgan fingerprint density at radius 1 is 1.22 bits per heavy atom. The number of fused-ring (bicyclic) bond motifs is 1. The van der Waals surface area contributed by atoms with E-state index in [9.17, 15) is 24.2 Å². The highest BCUT2D eigenvalue weighted by atomic mass is 31.2. The number of nitrogen functional groups attached to an aromatic ring is 2. The lowest BCUT2D eigenvalue weighted by Gasteiger charge is -2.21. The van der Waals surface area contributed by atoms with Gasteiger partial charge in [-0.05, 0) is 12.1 Å². The van der Waals surface area contributed by atoms with E-state index >= 15 is 0 Å². The standard InChI is InChI=1S/C19H23N8O9P/c20-12-3-4-26(19(30)23-12)13-2-1-9(34-13)7-33-37(31,32)36-10-5-14(35-11(10)6-28)27-8-22-15-16(27)24-18(21)25-17(15)29/h1-4,8-11,13-14,28H,5-7H2,(H,31,32)(H2,20,23,30)(H3,21,24,25,29)/t9-,10-,11+,13+,14+/m0/s1. The van der Waals surface area contributed by atoms with E-state index in [-0.39, 0.29) is 36.0 Å². The van der Waals surface area contributed by atoms with Crippen LogP contribution in [-0.4, -0.2) is 70.6 Å². The summed E-state index contributed by atoms with van der Waals surface area (Å²) in [6.07, 6.45) is 1.45. The van der Waals surface area contributed by atoms with Crippen molar-refractivity contribution in [2.75, 3.05) is 24.7 Å². The van der Waals surface area contributed by atoms with Crippen molar-refractivity contribution in [1.82, 2.24) is 29.1 Å². The number of phosphoric acid groups is 1. The Labute approximate surface area is 206 Å². The summed E-state index contributed by atoms with van der Waals surface area (Å²) in [5.74, 6) is -0.0592. The molecule has 0 radical (unpaired) electrons. The summed E-state index contributed by atoms with van der Waals surface area (Å²) in [6.45, 7) is -0.888. The van der Waals surface area contributed by atoms with Gasteiger partial charge in [-0.1, -0.05) is 6.08 Å². The lowest BCUT2D eigenvalue weighted by molar-refractivity contribution is -0.0470. The number of phosphoric ester groups is 1. The molecule has 6 atom stereocenters. The lowest BCUT2D eigenvalue weighted by atomic mass is 10.2. The van der Waals surface area contributed by atoms with E-state index in [1.54, 1.807) is 12.2 Å². The molecule has 5 rings (SSSR count). The Morgan fingerprint density at radius 2 is 2.03 bits per heavy atom. The van der Waals surface area contributed by atoms with Crippen LogP contribution in [0.15, 0.2) is 40.3 Å². The zero-order valence-corrected chi connectivity index (χ0v) is 19.9. The van der Waals surface area contributed by atoms with Crippen LogP contribution in [0.1, 0.15) is 18.9 Å². The Balaban J connectivity index is 1.21. The highest BCUT2D eigenvalue weighted by molar-refractivity contribution is 7.47. The van der Waals surface area contributed by atoms with E-state index in [0.29, 0.717) is 0 Å². The third-order valence-electron chi connectivity index (χ3n) is 5.72. The number of aromatic nitrogens is 6. The van der Waals surface area contributed by atoms with Crippen LogP contribution >= 0.6 is 7.82 Å². The first-order valence-corrected chi connectivity index (χ1v) is 12.5. The second-order valence-electron chi connectivity index (χ2n) is 8.22. The number of aliphatic hydroxyl groups excluding tert-OH is 1. The van der Waals surface area contributed by atoms with Gasteiger partial charge in [0.15, 0.2) is 17.4 Å². The van der Waals surface area contributed by atoms with Gasteiger partial charge in [0.1, 0.15) is 30.4 Å². The molecule has 7 N–H and O–H groups in total. The van der Waals surface area contributed by atoms with E-state index in [2.05, 4.69) is 19.9 Å². The minimum absolute atomic E-state index is 0.00788. The molecular weight excluding hydrogens is 515 g/mol. The minimum atomic E-state index is -4.64. The van der Waals surface area contributed by atoms with Crippen LogP contribution in [0.2, 0.25) is 0 Å². The predicted octanol–water partition coefficient (Wildman–Crippen LogP) is -1.22. The first-order chi connectivity index (χ1) is 17.6. The normalized spacial score (nSPS) is 27.1. The van der Waals surface area contributed by atoms with Gasteiger partial charge in [0, 0.05) is 12.6 Å². The summed E-state index contributed by atoms with van der Waals surface area (Å²) >= 11 is 0. The zero-order valence-electron chi connectivity index (χ0n) is 19.0. The summed E-state index contributed by atoms with van der Waals surface area (Å²) in [5.41, 5.74) is 10.1. The number of anilines is 2. The van der Waals surface area contributed by atoms with Crippen LogP contribution in [0, 0.1) is 0 Å². The number of nitrogens with two attached hydrogens (primary N) is 2. The maximum Gasteiger partial charge on any atom is 0.472 e. The minimum Gasteiger partial charge on any atom is -0.394 e. The summed E-state index contributed by atoms with van der Waals surface area (Å²) in [5, 5.41) is 9.73. The first-order valence-electron chi connectivity index (χ1n) is 11.0. The van der Waals surface area contributed by atoms with Crippen molar-refractivity contribution in [1.29, 1.82) is 0 Å². The molecule has 0 aliphatic carbocycles. The van der Waals surface area contributed by atoms with Gasteiger partial charge in [-0.15, -0.1) is 0 Å². The number of imidazole rings is 1. The Bertz CT molecular complexity index is 1500. The number of ether oxygens (including phenoxy) is 2. The van der Waals surface area contributed by atoms with Crippen LogP contribution in [-0.2, 0) is 23.1 Å². The first kappa shape index (κ1) is 25.2. The molecular formula is C19H23N8O9P. The van der Waals surface area contributed by atoms with Crippen molar-refractivity contribution in [2.24, 2.45) is 0 Å². The van der Waals surface area contributed by atoms with E-state index in [1.807, 2.05) is 0 Å². The molecule has 0 spiro atoms. The van der Waals surface area contributed by atoms with Crippen molar-refractivity contribution >= 4 is 30.8 Å².